The monoisotopic (exact) mass is 507 g/mol. The first kappa shape index (κ1) is 22.3. The Balaban J connectivity index is 1.78. The quantitative estimate of drug-likeness (QED) is 0.422. The molecule has 6 nitrogen and oxygen atoms in total. The van der Waals surface area contributed by atoms with Crippen molar-refractivity contribution in [2.75, 3.05) is 5.32 Å². The zero-order chi connectivity index (χ0) is 22.0. The van der Waals surface area contributed by atoms with E-state index >= 15 is 0 Å². The van der Waals surface area contributed by atoms with Gasteiger partial charge in [-0.05, 0) is 40.5 Å². The number of nitrogens with one attached hydrogen (secondary N) is 1. The van der Waals surface area contributed by atoms with Gasteiger partial charge in [0.2, 0.25) is 5.91 Å². The first-order chi connectivity index (χ1) is 14.2. The van der Waals surface area contributed by atoms with Crippen LogP contribution in [0.3, 0.4) is 0 Å². The van der Waals surface area contributed by atoms with Crippen molar-refractivity contribution < 1.29 is 22.4 Å². The Morgan fingerprint density at radius 3 is 2.53 bits per heavy atom. The highest BCUT2D eigenvalue weighted by atomic mass is 79.9. The van der Waals surface area contributed by atoms with E-state index in [2.05, 4.69) is 31.4 Å². The maximum atomic E-state index is 13.2. The average molecular weight is 509 g/mol. The third kappa shape index (κ3) is 4.84. The zero-order valence-corrected chi connectivity index (χ0v) is 17.7. The number of nitrogens with zero attached hydrogens (tertiary/aromatic N) is 4. The van der Waals surface area contributed by atoms with Crippen molar-refractivity contribution in [2.24, 2.45) is 0 Å². The van der Waals surface area contributed by atoms with Crippen LogP contribution in [0.15, 0.2) is 41.0 Å². The SMILES string of the molecule is CC(C(=O)Nc1nn(Cc2ccccc2Cl)cc1Br)n1nc(C(F)F)cc1C(F)F. The molecule has 0 aliphatic heterocycles. The second-order valence-corrected chi connectivity index (χ2v) is 7.58. The van der Waals surface area contributed by atoms with E-state index < -0.39 is 36.2 Å². The minimum absolute atomic E-state index is 0.138. The summed E-state index contributed by atoms with van der Waals surface area (Å²) in [5.74, 6) is -0.608. The third-order valence-electron chi connectivity index (χ3n) is 4.23. The highest BCUT2D eigenvalue weighted by Gasteiger charge is 2.27. The molecule has 0 radical (unpaired) electrons. The predicted molar refractivity (Wildman–Crippen MR) is 106 cm³/mol. The van der Waals surface area contributed by atoms with Gasteiger partial charge in [-0.25, -0.2) is 17.6 Å². The highest BCUT2D eigenvalue weighted by Crippen LogP contribution is 2.28. The number of anilines is 1. The van der Waals surface area contributed by atoms with Gasteiger partial charge in [-0.15, -0.1) is 0 Å². The van der Waals surface area contributed by atoms with Crippen LogP contribution in [-0.4, -0.2) is 25.5 Å². The zero-order valence-electron chi connectivity index (χ0n) is 15.4. The molecule has 3 rings (SSSR count). The summed E-state index contributed by atoms with van der Waals surface area (Å²) in [5, 5.41) is 10.7. The number of amides is 1. The van der Waals surface area contributed by atoms with Crippen molar-refractivity contribution in [3.05, 3.63) is 63.0 Å². The number of hydrogen-bond donors (Lipinski definition) is 1. The fourth-order valence-corrected chi connectivity index (χ4v) is 3.31. The van der Waals surface area contributed by atoms with Crippen LogP contribution >= 0.6 is 27.5 Å². The van der Waals surface area contributed by atoms with E-state index in [0.717, 1.165) is 5.56 Å². The summed E-state index contributed by atoms with van der Waals surface area (Å²) in [4.78, 5) is 12.5. The Morgan fingerprint density at radius 2 is 1.90 bits per heavy atom. The Labute approximate surface area is 181 Å². The first-order valence-corrected chi connectivity index (χ1v) is 9.77. The number of halogens is 6. The lowest BCUT2D eigenvalue weighted by Crippen LogP contribution is -2.26. The van der Waals surface area contributed by atoms with Crippen LogP contribution in [0.2, 0.25) is 5.02 Å². The number of carbonyl (C=O) groups is 1. The molecule has 2 aromatic heterocycles. The molecule has 2 heterocycles. The number of hydrogen-bond acceptors (Lipinski definition) is 3. The molecule has 30 heavy (non-hydrogen) atoms. The largest absolute Gasteiger partial charge is 0.306 e. The average Bonchev–Trinajstić information content (AvgIpc) is 3.27. The second-order valence-electron chi connectivity index (χ2n) is 6.32. The summed E-state index contributed by atoms with van der Waals surface area (Å²) >= 11 is 9.40. The first-order valence-electron chi connectivity index (χ1n) is 8.60. The lowest BCUT2D eigenvalue weighted by atomic mass is 10.2. The Hall–Kier alpha value is -2.40. The molecule has 0 aliphatic carbocycles. The summed E-state index contributed by atoms with van der Waals surface area (Å²) in [6, 6.07) is 6.48. The van der Waals surface area contributed by atoms with Crippen LogP contribution < -0.4 is 5.32 Å². The molecule has 0 spiro atoms. The summed E-state index contributed by atoms with van der Waals surface area (Å²) in [6.45, 7) is 1.61. The molecular formula is C18H15BrClF4N5O. The van der Waals surface area contributed by atoms with Crippen molar-refractivity contribution in [2.45, 2.75) is 32.4 Å². The van der Waals surface area contributed by atoms with E-state index in [-0.39, 0.29) is 5.82 Å². The number of rotatable bonds is 7. The third-order valence-corrected chi connectivity index (χ3v) is 5.17. The summed E-state index contributed by atoms with van der Waals surface area (Å²) in [5.41, 5.74) is -0.788. The van der Waals surface area contributed by atoms with Crippen LogP contribution in [0.4, 0.5) is 23.4 Å². The topological polar surface area (TPSA) is 64.7 Å². The molecule has 3 aromatic rings. The van der Waals surface area contributed by atoms with Crippen LogP contribution in [0.1, 0.15) is 42.8 Å². The van der Waals surface area contributed by atoms with E-state index in [1.54, 1.807) is 18.3 Å². The molecule has 0 bridgehead atoms. The molecule has 12 heteroatoms. The molecule has 1 amide bonds. The van der Waals surface area contributed by atoms with Gasteiger partial charge in [0.25, 0.3) is 12.9 Å². The lowest BCUT2D eigenvalue weighted by molar-refractivity contribution is -0.119. The Bertz CT molecular complexity index is 1060. The number of benzene rings is 1. The van der Waals surface area contributed by atoms with Crippen LogP contribution in [-0.2, 0) is 11.3 Å². The van der Waals surface area contributed by atoms with Crippen molar-refractivity contribution in [3.8, 4) is 0 Å². The Kier molecular flexibility index (Phi) is 6.81. The lowest BCUT2D eigenvalue weighted by Gasteiger charge is -2.14. The van der Waals surface area contributed by atoms with Crippen molar-refractivity contribution in [1.29, 1.82) is 0 Å². The molecule has 0 saturated carbocycles. The fourth-order valence-electron chi connectivity index (χ4n) is 2.70. The molecule has 1 unspecified atom stereocenters. The molecule has 1 atom stereocenters. The van der Waals surface area contributed by atoms with E-state index in [4.69, 9.17) is 11.6 Å². The van der Waals surface area contributed by atoms with E-state index in [1.165, 1.54) is 11.6 Å². The molecule has 0 fully saturated rings. The summed E-state index contributed by atoms with van der Waals surface area (Å²) < 4.78 is 54.6. The van der Waals surface area contributed by atoms with Crippen molar-refractivity contribution in [1.82, 2.24) is 19.6 Å². The molecule has 0 saturated heterocycles. The fraction of sp³-hybridized carbons (Fsp3) is 0.278. The number of carbonyl (C=O) groups excluding carboxylic acids is 1. The van der Waals surface area contributed by atoms with Gasteiger partial charge in [0.05, 0.1) is 11.0 Å². The maximum Gasteiger partial charge on any atom is 0.282 e. The number of aromatic nitrogens is 4. The van der Waals surface area contributed by atoms with Crippen LogP contribution in [0.25, 0.3) is 0 Å². The minimum atomic E-state index is -3.07. The number of alkyl halides is 4. The van der Waals surface area contributed by atoms with Gasteiger partial charge in [0, 0.05) is 11.2 Å². The Morgan fingerprint density at radius 1 is 1.20 bits per heavy atom. The standard InChI is InChI=1S/C18H15BrClF4N5O/c1-9(29-14(16(23)24)6-13(26-29)15(21)22)18(30)25-17-11(19)8-28(27-17)7-10-4-2-3-5-12(10)20/h2-6,8-9,15-16H,7H2,1H3,(H,25,27,30). The smallest absolute Gasteiger partial charge is 0.282 e. The predicted octanol–water partition coefficient (Wildman–Crippen LogP) is 5.62. The maximum absolute atomic E-state index is 13.2. The molecule has 160 valence electrons. The van der Waals surface area contributed by atoms with Gasteiger partial charge in [-0.1, -0.05) is 29.8 Å². The van der Waals surface area contributed by atoms with Crippen LogP contribution in [0, 0.1) is 0 Å². The molecule has 1 aromatic carbocycles. The summed E-state index contributed by atoms with van der Waals surface area (Å²) in [6.07, 6.45) is -4.49. The second kappa shape index (κ2) is 9.17. The van der Waals surface area contributed by atoms with Gasteiger partial charge in [-0.2, -0.15) is 10.2 Å². The molecular weight excluding hydrogens is 494 g/mol. The van der Waals surface area contributed by atoms with Gasteiger partial charge < -0.3 is 5.32 Å². The van der Waals surface area contributed by atoms with Crippen molar-refractivity contribution >= 4 is 39.3 Å². The van der Waals surface area contributed by atoms with Gasteiger partial charge in [-0.3, -0.25) is 14.2 Å². The normalized spacial score (nSPS) is 12.6. The van der Waals surface area contributed by atoms with Crippen LogP contribution in [0.5, 0.6) is 0 Å². The van der Waals surface area contributed by atoms with Gasteiger partial charge in [0.1, 0.15) is 17.4 Å². The van der Waals surface area contributed by atoms with Gasteiger partial charge >= 0.3 is 0 Å². The minimum Gasteiger partial charge on any atom is -0.306 e. The van der Waals surface area contributed by atoms with E-state index in [0.29, 0.717) is 26.8 Å². The van der Waals surface area contributed by atoms with Crippen molar-refractivity contribution in [3.63, 3.8) is 0 Å². The summed E-state index contributed by atoms with van der Waals surface area (Å²) in [7, 11) is 0. The highest BCUT2D eigenvalue weighted by molar-refractivity contribution is 9.10. The van der Waals surface area contributed by atoms with E-state index in [9.17, 15) is 22.4 Å². The van der Waals surface area contributed by atoms with Gasteiger partial charge in [0.15, 0.2) is 5.82 Å². The molecule has 1 N–H and O–H groups in total. The molecule has 0 aliphatic rings. The van der Waals surface area contributed by atoms with E-state index in [1.807, 2.05) is 12.1 Å².